The Labute approximate surface area is 388 Å². The summed E-state index contributed by atoms with van der Waals surface area (Å²) in [5.74, 6) is 0. The van der Waals surface area contributed by atoms with Gasteiger partial charge in [-0.25, -0.2) is 0 Å². The van der Waals surface area contributed by atoms with Crippen molar-refractivity contribution in [2.24, 2.45) is 0 Å². The summed E-state index contributed by atoms with van der Waals surface area (Å²) in [6.07, 6.45) is 4.91. The minimum absolute atomic E-state index is 0. The molecule has 0 saturated heterocycles. The molecule has 4 rings (SSSR count). The van der Waals surface area contributed by atoms with Crippen LogP contribution in [-0.4, -0.2) is 19.3 Å². The fourth-order valence-electron chi connectivity index (χ4n) is 3.84. The predicted molar refractivity (Wildman–Crippen MR) is 159 cm³/mol. The van der Waals surface area contributed by atoms with Crippen LogP contribution in [0.4, 0.5) is 17.3 Å². The minimum atomic E-state index is -6.00. The molecule has 240 valence electrons. The number of aryl methyl sites for hydroxylation is 1. The monoisotopic (exact) mass is 832 g/mol. The first-order valence-electron chi connectivity index (χ1n) is 12.2. The summed E-state index contributed by atoms with van der Waals surface area (Å²) in [6, 6.07) is 28.0. The predicted octanol–water partition coefficient (Wildman–Crippen LogP) is 8.43. The molecule has 0 spiro atoms. The van der Waals surface area contributed by atoms with E-state index in [1.54, 1.807) is 0 Å². The molecule has 0 aromatic heterocycles. The van der Waals surface area contributed by atoms with Gasteiger partial charge in [0.25, 0.3) is 0 Å². The summed E-state index contributed by atoms with van der Waals surface area (Å²) in [5.41, 5.74) is 3.94. The van der Waals surface area contributed by atoms with Crippen LogP contribution in [-0.2, 0) is 30.4 Å². The van der Waals surface area contributed by atoms with Gasteiger partial charge >= 0.3 is 34.3 Å². The molecule has 1 aliphatic rings. The molecule has 0 N–H and O–H groups in total. The Bertz CT molecular complexity index is 991. The standard InChI is InChI=1S/C20H26N2P2.C7H8.4Ar.BF4.ClH.Ru/c23-19-11-5-1-7-15(19)13-21-17-9-3-4-10-18(17)22-14-16-8-2-6-12-20(16)24;1-7-5-3-2-4-6-7;;;;;2-1(3,4)5;;/h1-2,5-8,11-12,17-18H,3-4,9-10,13-14,23-24H2;2-6H,1H3;;;;;;1H;/q-2;;;;;;-1;;+4/p-1. The van der Waals surface area contributed by atoms with E-state index in [1.165, 1.54) is 53.0 Å². The van der Waals surface area contributed by atoms with Gasteiger partial charge < -0.3 is 27.9 Å². The van der Waals surface area contributed by atoms with Crippen molar-refractivity contribution in [2.45, 2.75) is 57.8 Å². The number of benzene rings is 3. The molecule has 42 heavy (non-hydrogen) atoms. The second-order valence-corrected chi connectivity index (χ2v) is 9.89. The van der Waals surface area contributed by atoms with Gasteiger partial charge in [-0.05, 0) is 17.5 Å². The molecule has 0 heterocycles. The van der Waals surface area contributed by atoms with Crippen molar-refractivity contribution in [3.63, 3.8) is 0 Å². The van der Waals surface area contributed by atoms with Crippen LogP contribution < -0.4 is 10.6 Å². The number of halogens is 5. The third-order valence-corrected chi connectivity index (χ3v) is 6.86. The van der Waals surface area contributed by atoms with Crippen molar-refractivity contribution >= 4 is 46.0 Å². The van der Waals surface area contributed by atoms with Gasteiger partial charge in [-0.3, -0.25) is 0 Å². The van der Waals surface area contributed by atoms with Crippen LogP contribution in [0.2, 0.25) is 0 Å². The summed E-state index contributed by atoms with van der Waals surface area (Å²) in [7, 11) is 4.20. The average Bonchev–Trinajstić information content (AvgIpc) is 2.89. The Morgan fingerprint density at radius 2 is 0.976 bits per heavy atom. The average molecular weight is 832 g/mol. The van der Waals surface area contributed by atoms with Crippen LogP contribution in [0, 0.1) is 158 Å². The summed E-state index contributed by atoms with van der Waals surface area (Å²) in [4.78, 5) is 0. The molecule has 2 nitrogen and oxygen atoms in total. The second kappa shape index (κ2) is 32.4. The van der Waals surface area contributed by atoms with Gasteiger partial charge in [-0.1, -0.05) is 121 Å². The van der Waals surface area contributed by atoms with E-state index in [0.29, 0.717) is 12.1 Å². The molecule has 1 fully saturated rings. The number of hydrogen-bond donors (Lipinski definition) is 0. The van der Waals surface area contributed by atoms with Crippen LogP contribution in [0.3, 0.4) is 0 Å². The molecular weight excluding hydrogens is 797 g/mol. The quantitative estimate of drug-likeness (QED) is 0.136. The third-order valence-electron chi connectivity index (χ3n) is 5.74. The molecule has 0 amide bonds. The molecular formula is C27H34Ar4BClF4N2P2Ru. The summed E-state index contributed by atoms with van der Waals surface area (Å²) in [6.45, 7) is 3.69. The van der Waals surface area contributed by atoms with E-state index in [4.69, 9.17) is 10.6 Å². The second-order valence-electron chi connectivity index (χ2n) is 8.65. The van der Waals surface area contributed by atoms with Crippen LogP contribution in [0.15, 0.2) is 78.9 Å². The SMILES string of the molecule is Cc1ccccc1.F[B-](F)(F)F.Pc1ccccc1C[N-]C1CCCCC1[N-]Cc1ccccc1P.[Ar].[Ar].[Ar].[Ar].[Cl][Ru+3]. The molecule has 0 aliphatic heterocycles. The van der Waals surface area contributed by atoms with Gasteiger partial charge in [0, 0.05) is 151 Å². The van der Waals surface area contributed by atoms with Crippen molar-refractivity contribution in [1.82, 2.24) is 0 Å². The van der Waals surface area contributed by atoms with Crippen molar-refractivity contribution in [3.05, 3.63) is 106 Å². The van der Waals surface area contributed by atoms with Crippen molar-refractivity contribution in [3.8, 4) is 0 Å². The van der Waals surface area contributed by atoms with Gasteiger partial charge in [0.1, 0.15) is 0 Å². The molecule has 0 bridgehead atoms. The van der Waals surface area contributed by atoms with Gasteiger partial charge in [-0.15, -0.1) is 31.6 Å². The number of nitrogens with zero attached hydrogens (tertiary/aromatic N) is 2. The summed E-state index contributed by atoms with van der Waals surface area (Å²) >= 11 is 1.82. The van der Waals surface area contributed by atoms with Crippen LogP contribution in [0.5, 0.6) is 0 Å². The Hall–Kier alpha value is 4.18. The number of rotatable bonds is 6. The fraction of sp³-hybridized carbons (Fsp3) is 0.333. The maximum absolute atomic E-state index is 9.75. The first-order chi connectivity index (χ1) is 18.1. The van der Waals surface area contributed by atoms with Crippen LogP contribution >= 0.6 is 28.2 Å². The number of hydrogen-bond acceptors (Lipinski definition) is 0. The first-order valence-corrected chi connectivity index (χ1v) is 15.5. The van der Waals surface area contributed by atoms with E-state index in [0.717, 1.165) is 13.1 Å². The summed E-state index contributed by atoms with van der Waals surface area (Å²) in [5, 5.41) is 12.5. The zero-order chi connectivity index (χ0) is 28.4. The Morgan fingerprint density at radius 3 is 1.26 bits per heavy atom. The first kappa shape index (κ1) is 53.0. The fourth-order valence-corrected chi connectivity index (χ4v) is 4.44. The van der Waals surface area contributed by atoms with Gasteiger partial charge in [0.05, 0.1) is 0 Å². The molecule has 1 aliphatic carbocycles. The zero-order valence-electron chi connectivity index (χ0n) is 22.7. The van der Waals surface area contributed by atoms with Crippen molar-refractivity contribution in [1.29, 1.82) is 0 Å². The van der Waals surface area contributed by atoms with Crippen molar-refractivity contribution in [2.75, 3.05) is 0 Å². The molecule has 3 aromatic carbocycles. The third kappa shape index (κ3) is 27.1. The van der Waals surface area contributed by atoms with Crippen molar-refractivity contribution < 1.29 is 186 Å². The maximum atomic E-state index is 9.75. The van der Waals surface area contributed by atoms with E-state index < -0.39 is 7.25 Å². The topological polar surface area (TPSA) is 28.2 Å². The van der Waals surface area contributed by atoms with Gasteiger partial charge in [0.15, 0.2) is 0 Å². The molecule has 3 aromatic rings. The van der Waals surface area contributed by atoms with Crippen LogP contribution in [0.1, 0.15) is 42.4 Å². The Kier molecular flexibility index (Phi) is 40.9. The van der Waals surface area contributed by atoms with Crippen LogP contribution in [0.25, 0.3) is 10.6 Å². The zero-order valence-corrected chi connectivity index (χ0v) is 30.3. The van der Waals surface area contributed by atoms with E-state index in [1.807, 2.05) is 35.5 Å². The normalized spacial score (nSPS) is 15.0. The van der Waals surface area contributed by atoms with Gasteiger partial charge in [0.2, 0.25) is 0 Å². The molecule has 0 radical (unpaired) electrons. The summed E-state index contributed by atoms with van der Waals surface area (Å²) < 4.78 is 39.0. The molecule has 4 unspecified atom stereocenters. The van der Waals surface area contributed by atoms with Gasteiger partial charge in [-0.2, -0.15) is 12.1 Å². The Balaban J connectivity index is -0.000000338. The van der Waals surface area contributed by atoms with E-state index >= 15 is 0 Å². The van der Waals surface area contributed by atoms with E-state index in [9.17, 15) is 17.3 Å². The Morgan fingerprint density at radius 1 is 0.667 bits per heavy atom. The molecule has 1 saturated carbocycles. The van der Waals surface area contributed by atoms with E-state index in [-0.39, 0.29) is 151 Å². The van der Waals surface area contributed by atoms with E-state index in [2.05, 4.69) is 95.8 Å². The molecule has 4 atom stereocenters. The molecule has 15 heteroatoms.